The number of hydrogen-bond acceptors (Lipinski definition) is 4. The van der Waals surface area contributed by atoms with E-state index in [1.807, 2.05) is 20.8 Å². The van der Waals surface area contributed by atoms with Crippen LogP contribution in [0, 0.1) is 5.41 Å². The maximum absolute atomic E-state index is 12.5. The summed E-state index contributed by atoms with van der Waals surface area (Å²) in [7, 11) is 0. The van der Waals surface area contributed by atoms with E-state index in [0.29, 0.717) is 18.8 Å². The van der Waals surface area contributed by atoms with E-state index >= 15 is 0 Å². The summed E-state index contributed by atoms with van der Waals surface area (Å²) in [6.07, 6.45) is 3.18. The molecule has 0 aromatic carbocycles. The average Bonchev–Trinajstić information content (AvgIpc) is 2.85. The number of aromatic nitrogens is 3. The van der Waals surface area contributed by atoms with Gasteiger partial charge < -0.3 is 10.0 Å². The van der Waals surface area contributed by atoms with Crippen LogP contribution in [0.1, 0.15) is 56.5 Å². The zero-order valence-corrected chi connectivity index (χ0v) is 12.7. The number of aliphatic carboxylic acids is 1. The molecule has 116 valence electrons. The molecular weight excluding hydrogens is 272 g/mol. The SMILES string of the molecule is CCCc1nc(C(=O)N2CCCC(C)(C)C2C(=O)O)n[nH]1. The van der Waals surface area contributed by atoms with Crippen LogP contribution in [-0.4, -0.2) is 49.7 Å². The second-order valence-electron chi connectivity index (χ2n) is 6.19. The highest BCUT2D eigenvalue weighted by Crippen LogP contribution is 2.35. The molecule has 21 heavy (non-hydrogen) atoms. The van der Waals surface area contributed by atoms with Crippen LogP contribution in [0.25, 0.3) is 0 Å². The highest BCUT2D eigenvalue weighted by atomic mass is 16.4. The lowest BCUT2D eigenvalue weighted by Gasteiger charge is -2.43. The van der Waals surface area contributed by atoms with E-state index in [1.54, 1.807) is 0 Å². The third-order valence-corrected chi connectivity index (χ3v) is 3.98. The third-order valence-electron chi connectivity index (χ3n) is 3.98. The van der Waals surface area contributed by atoms with Crippen LogP contribution < -0.4 is 0 Å². The summed E-state index contributed by atoms with van der Waals surface area (Å²) < 4.78 is 0. The molecule has 0 saturated carbocycles. The first-order chi connectivity index (χ1) is 9.86. The van der Waals surface area contributed by atoms with Gasteiger partial charge in [-0.05, 0) is 24.7 Å². The van der Waals surface area contributed by atoms with Crippen molar-refractivity contribution in [1.82, 2.24) is 20.1 Å². The van der Waals surface area contributed by atoms with Gasteiger partial charge in [-0.2, -0.15) is 0 Å². The number of piperidine rings is 1. The maximum atomic E-state index is 12.5. The molecule has 0 spiro atoms. The van der Waals surface area contributed by atoms with Gasteiger partial charge >= 0.3 is 5.97 Å². The molecule has 1 amide bonds. The van der Waals surface area contributed by atoms with Crippen LogP contribution in [0.3, 0.4) is 0 Å². The second-order valence-corrected chi connectivity index (χ2v) is 6.19. The van der Waals surface area contributed by atoms with Crippen molar-refractivity contribution in [1.29, 1.82) is 0 Å². The molecule has 1 unspecified atom stereocenters. The highest BCUT2D eigenvalue weighted by Gasteiger charge is 2.45. The Bertz CT molecular complexity index is 538. The summed E-state index contributed by atoms with van der Waals surface area (Å²) in [4.78, 5) is 29.7. The summed E-state index contributed by atoms with van der Waals surface area (Å²) in [5.41, 5.74) is -0.456. The molecule has 1 aliphatic heterocycles. The Labute approximate surface area is 123 Å². The predicted octanol–water partition coefficient (Wildman–Crippen LogP) is 1.47. The maximum Gasteiger partial charge on any atom is 0.326 e. The molecule has 7 nitrogen and oxygen atoms in total. The van der Waals surface area contributed by atoms with Crippen LogP contribution in [0.5, 0.6) is 0 Å². The average molecular weight is 294 g/mol. The van der Waals surface area contributed by atoms with Crippen molar-refractivity contribution < 1.29 is 14.7 Å². The van der Waals surface area contributed by atoms with Gasteiger partial charge in [0.25, 0.3) is 5.91 Å². The van der Waals surface area contributed by atoms with Crippen molar-refractivity contribution in [2.45, 2.75) is 52.5 Å². The first-order valence-electron chi connectivity index (χ1n) is 7.32. The number of rotatable bonds is 4. The number of aromatic amines is 1. The summed E-state index contributed by atoms with van der Waals surface area (Å²) in [6.45, 7) is 6.20. The van der Waals surface area contributed by atoms with Crippen molar-refractivity contribution in [3.05, 3.63) is 11.6 Å². The minimum atomic E-state index is -0.975. The Morgan fingerprint density at radius 2 is 2.19 bits per heavy atom. The Morgan fingerprint density at radius 3 is 2.81 bits per heavy atom. The number of carboxylic acids is 1. The fourth-order valence-electron chi connectivity index (χ4n) is 2.95. The molecule has 1 saturated heterocycles. The largest absolute Gasteiger partial charge is 0.480 e. The number of hydrogen-bond donors (Lipinski definition) is 2. The number of carboxylic acid groups (broad SMARTS) is 1. The van der Waals surface area contributed by atoms with E-state index in [-0.39, 0.29) is 5.82 Å². The quantitative estimate of drug-likeness (QED) is 0.876. The number of carbonyl (C=O) groups excluding carboxylic acids is 1. The minimum Gasteiger partial charge on any atom is -0.480 e. The lowest BCUT2D eigenvalue weighted by molar-refractivity contribution is -0.148. The molecule has 2 heterocycles. The van der Waals surface area contributed by atoms with Gasteiger partial charge in [-0.25, -0.2) is 9.78 Å². The zero-order chi connectivity index (χ0) is 15.6. The molecule has 0 aliphatic carbocycles. The lowest BCUT2D eigenvalue weighted by Crippen LogP contribution is -2.56. The zero-order valence-electron chi connectivity index (χ0n) is 12.7. The fourth-order valence-corrected chi connectivity index (χ4v) is 2.95. The van der Waals surface area contributed by atoms with Crippen molar-refractivity contribution in [2.75, 3.05) is 6.54 Å². The predicted molar refractivity (Wildman–Crippen MR) is 75.9 cm³/mol. The van der Waals surface area contributed by atoms with Crippen LogP contribution >= 0.6 is 0 Å². The van der Waals surface area contributed by atoms with Gasteiger partial charge in [0, 0.05) is 13.0 Å². The van der Waals surface area contributed by atoms with E-state index in [2.05, 4.69) is 15.2 Å². The normalized spacial score (nSPS) is 21.3. The first kappa shape index (κ1) is 15.5. The monoisotopic (exact) mass is 294 g/mol. The second kappa shape index (κ2) is 5.83. The Morgan fingerprint density at radius 1 is 1.48 bits per heavy atom. The molecule has 0 radical (unpaired) electrons. The smallest absolute Gasteiger partial charge is 0.326 e. The summed E-state index contributed by atoms with van der Waals surface area (Å²) in [5, 5.41) is 16.2. The van der Waals surface area contributed by atoms with E-state index < -0.39 is 23.3 Å². The van der Waals surface area contributed by atoms with E-state index in [1.165, 1.54) is 4.90 Å². The van der Waals surface area contributed by atoms with Crippen LogP contribution in [0.2, 0.25) is 0 Å². The molecular formula is C14H22N4O3. The summed E-state index contributed by atoms with van der Waals surface area (Å²) in [5.74, 6) is -0.669. The Kier molecular flexibility index (Phi) is 4.29. The van der Waals surface area contributed by atoms with Gasteiger partial charge in [-0.3, -0.25) is 9.89 Å². The van der Waals surface area contributed by atoms with E-state index in [4.69, 9.17) is 0 Å². The standard InChI is InChI=1S/C14H22N4O3/c1-4-6-9-15-11(17-16-9)12(19)18-8-5-7-14(2,3)10(18)13(20)21/h10H,4-8H2,1-3H3,(H,20,21)(H,15,16,17). The number of likely N-dealkylation sites (tertiary alicyclic amines) is 1. The number of nitrogens with one attached hydrogen (secondary N) is 1. The van der Waals surface area contributed by atoms with Gasteiger partial charge in [0.15, 0.2) is 0 Å². The molecule has 1 aromatic heterocycles. The molecule has 1 atom stereocenters. The van der Waals surface area contributed by atoms with Gasteiger partial charge in [0.05, 0.1) is 0 Å². The molecule has 7 heteroatoms. The number of nitrogens with zero attached hydrogens (tertiary/aromatic N) is 3. The molecule has 1 aliphatic rings. The van der Waals surface area contributed by atoms with E-state index in [9.17, 15) is 14.7 Å². The molecule has 1 fully saturated rings. The van der Waals surface area contributed by atoms with Crippen molar-refractivity contribution in [2.24, 2.45) is 5.41 Å². The number of amides is 1. The van der Waals surface area contributed by atoms with Crippen LogP contribution in [0.4, 0.5) is 0 Å². The molecule has 0 bridgehead atoms. The highest BCUT2D eigenvalue weighted by molar-refractivity contribution is 5.93. The van der Waals surface area contributed by atoms with Crippen LogP contribution in [0.15, 0.2) is 0 Å². The van der Waals surface area contributed by atoms with Gasteiger partial charge in [0.1, 0.15) is 11.9 Å². The third kappa shape index (κ3) is 3.06. The van der Waals surface area contributed by atoms with Crippen molar-refractivity contribution in [3.8, 4) is 0 Å². The topological polar surface area (TPSA) is 99.2 Å². The first-order valence-corrected chi connectivity index (χ1v) is 7.32. The van der Waals surface area contributed by atoms with Gasteiger partial charge in [0.2, 0.25) is 5.82 Å². The molecule has 1 aromatic rings. The number of aryl methyl sites for hydroxylation is 1. The molecule has 2 N–H and O–H groups in total. The Balaban J connectivity index is 2.24. The van der Waals surface area contributed by atoms with E-state index in [0.717, 1.165) is 19.3 Å². The fraction of sp³-hybridized carbons (Fsp3) is 0.714. The van der Waals surface area contributed by atoms with Gasteiger partial charge in [-0.1, -0.05) is 20.8 Å². The summed E-state index contributed by atoms with van der Waals surface area (Å²) in [6, 6.07) is -0.841. The minimum absolute atomic E-state index is 0.0578. The van der Waals surface area contributed by atoms with Crippen LogP contribution in [-0.2, 0) is 11.2 Å². The number of carbonyl (C=O) groups is 2. The van der Waals surface area contributed by atoms with Gasteiger partial charge in [-0.15, -0.1) is 5.10 Å². The van der Waals surface area contributed by atoms with Crippen molar-refractivity contribution in [3.63, 3.8) is 0 Å². The summed E-state index contributed by atoms with van der Waals surface area (Å²) >= 11 is 0. The number of H-pyrrole nitrogens is 1. The Hall–Kier alpha value is -1.92. The van der Waals surface area contributed by atoms with Crippen molar-refractivity contribution >= 4 is 11.9 Å². The lowest BCUT2D eigenvalue weighted by atomic mass is 9.76. The molecule has 2 rings (SSSR count).